The van der Waals surface area contributed by atoms with Gasteiger partial charge < -0.3 is 24.9 Å². The van der Waals surface area contributed by atoms with Gasteiger partial charge in [0.15, 0.2) is 12.0 Å². The van der Waals surface area contributed by atoms with Crippen LogP contribution in [0.5, 0.6) is 0 Å². The van der Waals surface area contributed by atoms with E-state index in [1.54, 1.807) is 0 Å². The number of ether oxygens (including phenoxy) is 1. The van der Waals surface area contributed by atoms with E-state index < -0.39 is 42.8 Å². The molecule has 0 aromatic carbocycles. The van der Waals surface area contributed by atoms with Gasteiger partial charge in [0.05, 0.1) is 6.61 Å². The quantitative estimate of drug-likeness (QED) is 0.460. The fraction of sp³-hybridized carbons (Fsp3) is 0.615. The van der Waals surface area contributed by atoms with Crippen LogP contribution in [0.1, 0.15) is 26.0 Å². The van der Waals surface area contributed by atoms with Crippen molar-refractivity contribution in [2.45, 2.75) is 44.3 Å². The highest BCUT2D eigenvalue weighted by molar-refractivity contribution is 5.70. The van der Waals surface area contributed by atoms with Crippen molar-refractivity contribution in [1.29, 1.82) is 0 Å². The highest BCUT2D eigenvalue weighted by atomic mass is 16.7. The van der Waals surface area contributed by atoms with E-state index in [0.29, 0.717) is 6.42 Å². The van der Waals surface area contributed by atoms with Crippen molar-refractivity contribution in [3.63, 3.8) is 0 Å². The Hall–Kier alpha value is -2.01. The van der Waals surface area contributed by atoms with E-state index in [0.717, 1.165) is 4.57 Å². The Bertz CT molecular complexity index is 605. The Balaban J connectivity index is 2.08. The Labute approximate surface area is 131 Å². The molecule has 0 amide bonds. The third-order valence-electron chi connectivity index (χ3n) is 3.34. The highest BCUT2D eigenvalue weighted by Crippen LogP contribution is 2.28. The van der Waals surface area contributed by atoms with Gasteiger partial charge in [-0.25, -0.2) is 15.1 Å². The number of aliphatic hydroxyl groups is 3. The number of carbonyl (C=O) groups is 1. The first kappa shape index (κ1) is 17.3. The minimum Gasteiger partial charge on any atom is -0.394 e. The lowest BCUT2D eigenvalue weighted by atomic mass is 10.1. The number of carbonyl (C=O) groups excluding carboxylic acids is 1. The molecule has 10 nitrogen and oxygen atoms in total. The minimum absolute atomic E-state index is 0.0162. The molecule has 2 heterocycles. The molecule has 1 aliphatic heterocycles. The molecule has 1 fully saturated rings. The predicted octanol–water partition coefficient (Wildman–Crippen LogP) is -1.47. The van der Waals surface area contributed by atoms with Crippen molar-refractivity contribution in [2.24, 2.45) is 0 Å². The van der Waals surface area contributed by atoms with Crippen LogP contribution in [0.4, 0.5) is 5.82 Å². The van der Waals surface area contributed by atoms with E-state index in [4.69, 9.17) is 14.7 Å². The maximum Gasteiger partial charge on any atom is 0.351 e. The van der Waals surface area contributed by atoms with Gasteiger partial charge in [-0.05, 0) is 6.42 Å². The van der Waals surface area contributed by atoms with E-state index in [1.807, 2.05) is 6.92 Å². The van der Waals surface area contributed by atoms with E-state index in [-0.39, 0.29) is 12.2 Å². The number of anilines is 1. The molecule has 10 heteroatoms. The van der Waals surface area contributed by atoms with Crippen molar-refractivity contribution in [1.82, 2.24) is 9.55 Å². The summed E-state index contributed by atoms with van der Waals surface area (Å²) >= 11 is 0. The van der Waals surface area contributed by atoms with Crippen LogP contribution < -0.4 is 11.2 Å². The zero-order chi connectivity index (χ0) is 17.0. The third-order valence-corrected chi connectivity index (χ3v) is 3.34. The summed E-state index contributed by atoms with van der Waals surface area (Å²) in [6.45, 7) is 1.32. The van der Waals surface area contributed by atoms with Gasteiger partial charge in [0.2, 0.25) is 0 Å². The van der Waals surface area contributed by atoms with Crippen LogP contribution in [-0.4, -0.2) is 55.8 Å². The van der Waals surface area contributed by atoms with Gasteiger partial charge in [0.25, 0.3) is 0 Å². The molecule has 0 aliphatic carbocycles. The van der Waals surface area contributed by atoms with Crippen LogP contribution in [0, 0.1) is 0 Å². The normalized spacial score (nSPS) is 27.0. The molecular weight excluding hydrogens is 310 g/mol. The SMILES string of the molecule is CCCC(=O)ONc1ccn([C@@H]2O[C@H](CO)[C@@H](O)[C@H]2O)c(=O)n1. The zero-order valence-corrected chi connectivity index (χ0v) is 12.5. The lowest BCUT2D eigenvalue weighted by Gasteiger charge is -2.17. The minimum atomic E-state index is -1.38. The number of aromatic nitrogens is 2. The number of hydrogen-bond donors (Lipinski definition) is 4. The Morgan fingerprint density at radius 3 is 2.78 bits per heavy atom. The molecule has 2 rings (SSSR count). The van der Waals surface area contributed by atoms with Gasteiger partial charge in [-0.1, -0.05) is 6.92 Å². The molecule has 128 valence electrons. The number of nitrogens with one attached hydrogen (secondary N) is 1. The zero-order valence-electron chi connectivity index (χ0n) is 12.5. The van der Waals surface area contributed by atoms with Crippen LogP contribution in [0.3, 0.4) is 0 Å². The van der Waals surface area contributed by atoms with Crippen molar-refractivity contribution < 1.29 is 29.7 Å². The monoisotopic (exact) mass is 329 g/mol. The number of aliphatic hydroxyl groups excluding tert-OH is 3. The highest BCUT2D eigenvalue weighted by Gasteiger charge is 2.43. The second-order valence-electron chi connectivity index (χ2n) is 5.06. The molecule has 4 N–H and O–H groups in total. The fourth-order valence-electron chi connectivity index (χ4n) is 2.14. The van der Waals surface area contributed by atoms with Gasteiger partial charge in [-0.3, -0.25) is 4.57 Å². The van der Waals surface area contributed by atoms with E-state index >= 15 is 0 Å². The van der Waals surface area contributed by atoms with Crippen LogP contribution in [0.15, 0.2) is 17.1 Å². The van der Waals surface area contributed by atoms with Crippen LogP contribution in [0.2, 0.25) is 0 Å². The summed E-state index contributed by atoms with van der Waals surface area (Å²) in [4.78, 5) is 31.6. The topological polar surface area (TPSA) is 143 Å². The molecule has 1 saturated heterocycles. The summed E-state index contributed by atoms with van der Waals surface area (Å²) in [5.41, 5.74) is 1.48. The first-order valence-corrected chi connectivity index (χ1v) is 7.15. The van der Waals surface area contributed by atoms with Crippen molar-refractivity contribution >= 4 is 11.8 Å². The second kappa shape index (κ2) is 7.51. The summed E-state index contributed by atoms with van der Waals surface area (Å²) in [5, 5.41) is 28.6. The summed E-state index contributed by atoms with van der Waals surface area (Å²) in [5.74, 6) is -0.468. The molecule has 23 heavy (non-hydrogen) atoms. The number of rotatable bonds is 6. The largest absolute Gasteiger partial charge is 0.394 e. The van der Waals surface area contributed by atoms with E-state index in [9.17, 15) is 19.8 Å². The lowest BCUT2D eigenvalue weighted by Crippen LogP contribution is -2.36. The van der Waals surface area contributed by atoms with E-state index in [2.05, 4.69) is 10.5 Å². The van der Waals surface area contributed by atoms with Crippen LogP contribution >= 0.6 is 0 Å². The molecule has 1 aliphatic rings. The predicted molar refractivity (Wildman–Crippen MR) is 76.1 cm³/mol. The molecule has 1 aromatic heterocycles. The molecule has 1 aromatic rings. The first-order chi connectivity index (χ1) is 11.0. The molecule has 0 bridgehead atoms. The lowest BCUT2D eigenvalue weighted by molar-refractivity contribution is -0.140. The van der Waals surface area contributed by atoms with E-state index in [1.165, 1.54) is 12.3 Å². The molecule has 4 atom stereocenters. The van der Waals surface area contributed by atoms with Gasteiger partial charge in [-0.2, -0.15) is 4.98 Å². The second-order valence-corrected chi connectivity index (χ2v) is 5.06. The average molecular weight is 329 g/mol. The van der Waals surface area contributed by atoms with Crippen LogP contribution in [-0.2, 0) is 14.4 Å². The Morgan fingerprint density at radius 2 is 2.22 bits per heavy atom. The molecule has 0 radical (unpaired) electrons. The number of hydrogen-bond acceptors (Lipinski definition) is 9. The average Bonchev–Trinajstić information content (AvgIpc) is 2.81. The van der Waals surface area contributed by atoms with Gasteiger partial charge in [0, 0.05) is 18.7 Å². The summed E-state index contributed by atoms with van der Waals surface area (Å²) in [6, 6.07) is 1.34. The number of nitrogens with zero attached hydrogens (tertiary/aromatic N) is 2. The maximum atomic E-state index is 12.0. The Kier molecular flexibility index (Phi) is 5.66. The molecule has 0 saturated carbocycles. The van der Waals surface area contributed by atoms with Crippen LogP contribution in [0.25, 0.3) is 0 Å². The van der Waals surface area contributed by atoms with Crippen molar-refractivity contribution in [3.8, 4) is 0 Å². The third kappa shape index (κ3) is 3.85. The summed E-state index contributed by atoms with van der Waals surface area (Å²) in [6.07, 6.45) is -2.73. The first-order valence-electron chi connectivity index (χ1n) is 7.15. The standard InChI is InChI=1S/C13H19N3O7/c1-2-3-9(18)23-15-8-4-5-16(13(21)14-8)12-11(20)10(19)7(6-17)22-12/h4-5,7,10-12,17,19-20H,2-3,6H2,1H3,(H,14,15,21)/t7-,10-,11-,12-/m1/s1. The smallest absolute Gasteiger partial charge is 0.351 e. The summed E-state index contributed by atoms with van der Waals surface area (Å²) in [7, 11) is 0. The van der Waals surface area contributed by atoms with Gasteiger partial charge in [0.1, 0.15) is 18.3 Å². The maximum absolute atomic E-state index is 12.0. The Morgan fingerprint density at radius 1 is 1.48 bits per heavy atom. The summed E-state index contributed by atoms with van der Waals surface area (Å²) < 4.78 is 6.21. The fourth-order valence-corrected chi connectivity index (χ4v) is 2.14. The van der Waals surface area contributed by atoms with Gasteiger partial charge >= 0.3 is 11.7 Å². The molecule has 0 spiro atoms. The van der Waals surface area contributed by atoms with Crippen molar-refractivity contribution in [3.05, 3.63) is 22.7 Å². The van der Waals surface area contributed by atoms with Gasteiger partial charge in [-0.15, -0.1) is 0 Å². The van der Waals surface area contributed by atoms with Crippen molar-refractivity contribution in [2.75, 3.05) is 12.1 Å². The molecular formula is C13H19N3O7. The molecule has 0 unspecified atom stereocenters.